The second-order valence-corrected chi connectivity index (χ2v) is 13.1. The molecule has 0 spiro atoms. The van der Waals surface area contributed by atoms with Crippen LogP contribution in [-0.2, 0) is 4.43 Å². The summed E-state index contributed by atoms with van der Waals surface area (Å²) in [5.74, 6) is 3.24. The van der Waals surface area contributed by atoms with E-state index in [0.29, 0.717) is 5.04 Å². The minimum atomic E-state index is -1.53. The fraction of sp³-hybridized carbons (Fsp3) is 0.846. The fourth-order valence-electron chi connectivity index (χ4n) is 0.944. The van der Waals surface area contributed by atoms with Gasteiger partial charge in [0.15, 0.2) is 8.32 Å². The van der Waals surface area contributed by atoms with Crippen molar-refractivity contribution in [2.45, 2.75) is 64.8 Å². The molecular formula is C13H27OSi2. The van der Waals surface area contributed by atoms with Gasteiger partial charge in [-0.25, -0.2) is 0 Å². The zero-order chi connectivity index (χ0) is 12.8. The lowest BCUT2D eigenvalue weighted by molar-refractivity contribution is 0.284. The van der Waals surface area contributed by atoms with Gasteiger partial charge in [0.1, 0.15) is 8.80 Å². The highest BCUT2D eigenvalue weighted by Crippen LogP contribution is 2.36. The van der Waals surface area contributed by atoms with E-state index >= 15 is 0 Å². The highest BCUT2D eigenvalue weighted by Gasteiger charge is 2.36. The third kappa shape index (κ3) is 6.52. The summed E-state index contributed by atoms with van der Waals surface area (Å²) in [7, 11) is -1.89. The van der Waals surface area contributed by atoms with Crippen molar-refractivity contribution in [3.63, 3.8) is 0 Å². The molecular weight excluding hydrogens is 228 g/mol. The van der Waals surface area contributed by atoms with E-state index in [2.05, 4.69) is 58.4 Å². The van der Waals surface area contributed by atoms with E-state index in [0.717, 1.165) is 19.4 Å². The SMILES string of the molecule is C[Si](C)C#CCCCO[Si](C)(C)C(C)(C)C. The van der Waals surface area contributed by atoms with Gasteiger partial charge in [-0.2, -0.15) is 0 Å². The summed E-state index contributed by atoms with van der Waals surface area (Å²) in [5, 5.41) is 0.321. The van der Waals surface area contributed by atoms with Crippen LogP contribution < -0.4 is 0 Å². The van der Waals surface area contributed by atoms with Crippen LogP contribution in [0.25, 0.3) is 0 Å². The lowest BCUT2D eigenvalue weighted by Gasteiger charge is -2.36. The topological polar surface area (TPSA) is 9.23 Å². The van der Waals surface area contributed by atoms with E-state index in [1.54, 1.807) is 0 Å². The summed E-state index contributed by atoms with van der Waals surface area (Å²) in [6.45, 7) is 16.8. The van der Waals surface area contributed by atoms with Crippen LogP contribution in [0.2, 0.25) is 31.2 Å². The number of unbranched alkanes of at least 4 members (excludes halogenated alkanes) is 1. The van der Waals surface area contributed by atoms with Gasteiger partial charge >= 0.3 is 0 Å². The Labute approximate surface area is 105 Å². The van der Waals surface area contributed by atoms with Crippen LogP contribution in [0, 0.1) is 11.5 Å². The summed E-state index contributed by atoms with van der Waals surface area (Å²) in [6.07, 6.45) is 2.07. The average molecular weight is 256 g/mol. The molecule has 0 fully saturated rings. The second-order valence-electron chi connectivity index (χ2n) is 6.01. The molecule has 0 atom stereocenters. The van der Waals surface area contributed by atoms with Crippen LogP contribution in [0.5, 0.6) is 0 Å². The Morgan fingerprint density at radius 3 is 2.19 bits per heavy atom. The van der Waals surface area contributed by atoms with Gasteiger partial charge in [-0.1, -0.05) is 33.9 Å². The summed E-state index contributed by atoms with van der Waals surface area (Å²) in [6, 6.07) is 0. The summed E-state index contributed by atoms with van der Waals surface area (Å²) < 4.78 is 6.08. The highest BCUT2D eigenvalue weighted by atomic mass is 28.4. The van der Waals surface area contributed by atoms with Crippen LogP contribution in [-0.4, -0.2) is 23.7 Å². The third-order valence-corrected chi connectivity index (χ3v) is 8.27. The first-order chi connectivity index (χ1) is 7.17. The summed E-state index contributed by atoms with van der Waals surface area (Å²) >= 11 is 0. The van der Waals surface area contributed by atoms with Crippen LogP contribution in [0.15, 0.2) is 0 Å². The van der Waals surface area contributed by atoms with Crippen molar-refractivity contribution in [2.24, 2.45) is 0 Å². The first-order valence-corrected chi connectivity index (χ1v) is 11.5. The van der Waals surface area contributed by atoms with Gasteiger partial charge in [-0.3, -0.25) is 0 Å². The Hall–Kier alpha value is -0.0462. The van der Waals surface area contributed by atoms with E-state index in [-0.39, 0.29) is 8.80 Å². The molecule has 1 nitrogen and oxygen atoms in total. The van der Waals surface area contributed by atoms with Crippen LogP contribution >= 0.6 is 0 Å². The van der Waals surface area contributed by atoms with Gasteiger partial charge in [-0.15, -0.1) is 11.5 Å². The molecule has 0 amide bonds. The van der Waals surface area contributed by atoms with Crippen molar-refractivity contribution in [2.75, 3.05) is 6.61 Å². The van der Waals surface area contributed by atoms with Crippen molar-refractivity contribution in [3.8, 4) is 11.5 Å². The molecule has 3 heteroatoms. The van der Waals surface area contributed by atoms with Crippen LogP contribution in [0.4, 0.5) is 0 Å². The molecule has 93 valence electrons. The zero-order valence-corrected chi connectivity index (χ0v) is 14.0. The Morgan fingerprint density at radius 1 is 1.19 bits per heavy atom. The molecule has 0 N–H and O–H groups in total. The zero-order valence-electron chi connectivity index (χ0n) is 12.0. The molecule has 0 saturated heterocycles. The van der Waals surface area contributed by atoms with Crippen molar-refractivity contribution >= 4 is 17.1 Å². The first-order valence-electron chi connectivity index (χ1n) is 6.10. The molecule has 0 bridgehead atoms. The second kappa shape index (κ2) is 6.63. The molecule has 0 unspecified atom stereocenters. The highest BCUT2D eigenvalue weighted by molar-refractivity contribution is 6.74. The van der Waals surface area contributed by atoms with Crippen molar-refractivity contribution in [3.05, 3.63) is 0 Å². The van der Waals surface area contributed by atoms with E-state index in [9.17, 15) is 0 Å². The van der Waals surface area contributed by atoms with Crippen molar-refractivity contribution in [1.82, 2.24) is 0 Å². The van der Waals surface area contributed by atoms with Crippen molar-refractivity contribution < 1.29 is 4.43 Å². The molecule has 0 rings (SSSR count). The smallest absolute Gasteiger partial charge is 0.191 e. The number of hydrogen-bond acceptors (Lipinski definition) is 1. The predicted octanol–water partition coefficient (Wildman–Crippen LogP) is 4.09. The maximum Gasteiger partial charge on any atom is 0.191 e. The van der Waals surface area contributed by atoms with Gasteiger partial charge in [-0.05, 0) is 24.6 Å². The molecule has 0 aromatic carbocycles. The van der Waals surface area contributed by atoms with E-state index < -0.39 is 8.32 Å². The Balaban J connectivity index is 3.81. The monoisotopic (exact) mass is 255 g/mol. The molecule has 0 aliphatic rings. The van der Waals surface area contributed by atoms with Crippen LogP contribution in [0.3, 0.4) is 0 Å². The summed E-state index contributed by atoms with van der Waals surface area (Å²) in [5.41, 5.74) is 3.28. The number of rotatable bonds is 4. The quantitative estimate of drug-likeness (QED) is 0.418. The number of hydrogen-bond donors (Lipinski definition) is 0. The normalized spacial score (nSPS) is 12.5. The van der Waals surface area contributed by atoms with Gasteiger partial charge < -0.3 is 4.43 Å². The Kier molecular flexibility index (Phi) is 6.61. The van der Waals surface area contributed by atoms with E-state index in [1.165, 1.54) is 0 Å². The van der Waals surface area contributed by atoms with E-state index in [1.807, 2.05) is 0 Å². The minimum Gasteiger partial charge on any atom is -0.417 e. The van der Waals surface area contributed by atoms with Gasteiger partial charge in [0, 0.05) is 13.0 Å². The first kappa shape index (κ1) is 16.0. The molecule has 16 heavy (non-hydrogen) atoms. The standard InChI is InChI=1S/C13H27OSi2/c1-13(2,3)16(6,7)14-11-9-8-10-12-15(4)5/h8-9,11H2,1-7H3. The molecule has 0 heterocycles. The van der Waals surface area contributed by atoms with Gasteiger partial charge in [0.2, 0.25) is 0 Å². The Morgan fingerprint density at radius 2 is 1.75 bits per heavy atom. The molecule has 0 aliphatic carbocycles. The minimum absolute atomic E-state index is 0.321. The lowest BCUT2D eigenvalue weighted by atomic mass is 10.2. The molecule has 0 saturated carbocycles. The molecule has 0 aromatic heterocycles. The maximum atomic E-state index is 6.08. The lowest BCUT2D eigenvalue weighted by Crippen LogP contribution is -2.40. The average Bonchev–Trinajstić information content (AvgIpc) is 2.08. The molecule has 0 aromatic rings. The van der Waals surface area contributed by atoms with Crippen LogP contribution in [0.1, 0.15) is 33.6 Å². The van der Waals surface area contributed by atoms with Gasteiger partial charge in [0.05, 0.1) is 0 Å². The molecule has 0 aliphatic heterocycles. The third-order valence-electron chi connectivity index (χ3n) is 3.05. The summed E-state index contributed by atoms with van der Waals surface area (Å²) in [4.78, 5) is 0. The largest absolute Gasteiger partial charge is 0.417 e. The Bertz CT molecular complexity index is 253. The van der Waals surface area contributed by atoms with E-state index in [4.69, 9.17) is 4.43 Å². The van der Waals surface area contributed by atoms with Crippen molar-refractivity contribution in [1.29, 1.82) is 0 Å². The van der Waals surface area contributed by atoms with Gasteiger partial charge in [0.25, 0.3) is 0 Å². The predicted molar refractivity (Wildman–Crippen MR) is 77.6 cm³/mol. The molecule has 1 radical (unpaired) electrons. The fourth-order valence-corrected chi connectivity index (χ4v) is 2.51. The maximum absolute atomic E-state index is 6.08.